The largest absolute Gasteiger partial charge is 0.336 e. The van der Waals surface area contributed by atoms with Gasteiger partial charge in [0.2, 0.25) is 5.95 Å². The van der Waals surface area contributed by atoms with Gasteiger partial charge in [0.05, 0.1) is 23.9 Å². The number of rotatable bonds is 6. The molecule has 0 aliphatic rings. The highest BCUT2D eigenvalue weighted by Crippen LogP contribution is 2.13. The van der Waals surface area contributed by atoms with Crippen molar-refractivity contribution in [3.63, 3.8) is 0 Å². The maximum absolute atomic E-state index is 8.69. The summed E-state index contributed by atoms with van der Waals surface area (Å²) in [6, 6.07) is 2.42. The summed E-state index contributed by atoms with van der Waals surface area (Å²) < 4.78 is 0. The molecule has 1 aromatic heterocycles. The molecule has 0 bridgehead atoms. The maximum atomic E-state index is 8.69. The summed E-state index contributed by atoms with van der Waals surface area (Å²) >= 11 is 0. The van der Waals surface area contributed by atoms with Crippen LogP contribution in [0.5, 0.6) is 0 Å². The van der Waals surface area contributed by atoms with Crippen molar-refractivity contribution in [3.8, 4) is 6.07 Å². The Bertz CT molecular complexity index is 422. The smallest absolute Gasteiger partial charge is 0.245 e. The fraction of sp³-hybridized carbons (Fsp3) is 0.692. The third-order valence-corrected chi connectivity index (χ3v) is 2.84. The van der Waals surface area contributed by atoms with Gasteiger partial charge in [-0.2, -0.15) is 10.4 Å². The summed E-state index contributed by atoms with van der Waals surface area (Å²) in [6.07, 6.45) is 2.18. The van der Waals surface area contributed by atoms with Gasteiger partial charge in [-0.3, -0.25) is 0 Å². The Kier molecular flexibility index (Phi) is 5.50. The van der Waals surface area contributed by atoms with Gasteiger partial charge in [0.15, 0.2) is 0 Å². The molecule has 1 rings (SSSR count). The first kappa shape index (κ1) is 14.4. The quantitative estimate of drug-likeness (QED) is 0.770. The molecule has 0 aromatic carbocycles. The first-order valence-electron chi connectivity index (χ1n) is 6.50. The van der Waals surface area contributed by atoms with E-state index < -0.39 is 0 Å². The Morgan fingerprint density at radius 3 is 2.33 bits per heavy atom. The molecule has 0 amide bonds. The molecule has 98 valence electrons. The second-order valence-electron chi connectivity index (χ2n) is 4.41. The highest BCUT2D eigenvalue weighted by molar-refractivity contribution is 5.31. The van der Waals surface area contributed by atoms with Gasteiger partial charge in [0.25, 0.3) is 0 Å². The molecule has 18 heavy (non-hydrogen) atoms. The van der Waals surface area contributed by atoms with E-state index in [0.717, 1.165) is 24.2 Å². The fourth-order valence-corrected chi connectivity index (χ4v) is 1.81. The van der Waals surface area contributed by atoms with Crippen molar-refractivity contribution in [1.82, 2.24) is 15.2 Å². The second kappa shape index (κ2) is 6.90. The minimum atomic E-state index is 0.261. The van der Waals surface area contributed by atoms with Crippen LogP contribution in [0.4, 0.5) is 5.95 Å². The van der Waals surface area contributed by atoms with Crippen molar-refractivity contribution in [3.05, 3.63) is 11.4 Å². The van der Waals surface area contributed by atoms with E-state index in [9.17, 15) is 0 Å². The second-order valence-corrected chi connectivity index (χ2v) is 4.41. The average molecular weight is 247 g/mol. The standard InChI is InChI=1S/C13H21N5/c1-5-11-12(6-2)16-17-13(15-11)18(10(3)4)9-7-8-14/h10H,5-7,9H2,1-4H3. The zero-order chi connectivity index (χ0) is 13.5. The molecule has 0 radical (unpaired) electrons. The Morgan fingerprint density at radius 1 is 1.17 bits per heavy atom. The topological polar surface area (TPSA) is 65.7 Å². The zero-order valence-electron chi connectivity index (χ0n) is 11.6. The minimum absolute atomic E-state index is 0.261. The number of hydrogen-bond acceptors (Lipinski definition) is 5. The van der Waals surface area contributed by atoms with Crippen molar-refractivity contribution in [1.29, 1.82) is 5.26 Å². The van der Waals surface area contributed by atoms with Crippen LogP contribution in [0.3, 0.4) is 0 Å². The monoisotopic (exact) mass is 247 g/mol. The van der Waals surface area contributed by atoms with Gasteiger partial charge in [-0.05, 0) is 26.7 Å². The normalized spacial score (nSPS) is 10.4. The molecule has 1 aromatic rings. The predicted octanol–water partition coefficient (Wildman–Crippen LogP) is 2.12. The summed E-state index contributed by atoms with van der Waals surface area (Å²) in [4.78, 5) is 6.60. The van der Waals surface area contributed by atoms with Gasteiger partial charge in [0.1, 0.15) is 0 Å². The van der Waals surface area contributed by atoms with Crippen LogP contribution in [0.25, 0.3) is 0 Å². The third-order valence-electron chi connectivity index (χ3n) is 2.84. The molecule has 0 N–H and O–H groups in total. The molecule has 0 atom stereocenters. The van der Waals surface area contributed by atoms with Gasteiger partial charge >= 0.3 is 0 Å². The molecule has 0 saturated carbocycles. The lowest BCUT2D eigenvalue weighted by molar-refractivity contribution is 0.648. The van der Waals surface area contributed by atoms with Crippen molar-refractivity contribution in [2.24, 2.45) is 0 Å². The number of aromatic nitrogens is 3. The molecular weight excluding hydrogens is 226 g/mol. The SMILES string of the molecule is CCc1nnc(N(CCC#N)C(C)C)nc1CC. The van der Waals surface area contributed by atoms with Crippen molar-refractivity contribution in [2.75, 3.05) is 11.4 Å². The van der Waals surface area contributed by atoms with E-state index in [1.54, 1.807) is 0 Å². The molecule has 0 saturated heterocycles. The van der Waals surface area contributed by atoms with Crippen LogP contribution in [0.15, 0.2) is 0 Å². The van der Waals surface area contributed by atoms with Crippen molar-refractivity contribution < 1.29 is 0 Å². The minimum Gasteiger partial charge on any atom is -0.336 e. The summed E-state index contributed by atoms with van der Waals surface area (Å²) in [6.45, 7) is 8.91. The predicted molar refractivity (Wildman–Crippen MR) is 71.3 cm³/mol. The third kappa shape index (κ3) is 3.39. The molecule has 1 heterocycles. The highest BCUT2D eigenvalue weighted by Gasteiger charge is 2.15. The van der Waals surface area contributed by atoms with Crippen molar-refractivity contribution in [2.45, 2.75) is 53.0 Å². The molecule has 5 heteroatoms. The van der Waals surface area contributed by atoms with Gasteiger partial charge < -0.3 is 4.90 Å². The van der Waals surface area contributed by atoms with Crippen LogP contribution in [0.1, 0.15) is 45.5 Å². The molecule has 0 fully saturated rings. The highest BCUT2D eigenvalue weighted by atomic mass is 15.3. The summed E-state index contributed by atoms with van der Waals surface area (Å²) in [5.74, 6) is 0.634. The Balaban J connectivity index is 3.02. The van der Waals surface area contributed by atoms with E-state index in [2.05, 4.69) is 48.9 Å². The van der Waals surface area contributed by atoms with E-state index in [1.165, 1.54) is 0 Å². The lowest BCUT2D eigenvalue weighted by Crippen LogP contribution is -2.33. The molecule has 0 spiro atoms. The Hall–Kier alpha value is -1.70. The Morgan fingerprint density at radius 2 is 1.83 bits per heavy atom. The van der Waals surface area contributed by atoms with Crippen LogP contribution >= 0.6 is 0 Å². The van der Waals surface area contributed by atoms with Gasteiger partial charge in [-0.25, -0.2) is 4.98 Å². The Labute approximate surface area is 109 Å². The number of aryl methyl sites for hydroxylation is 2. The van der Waals surface area contributed by atoms with E-state index >= 15 is 0 Å². The first-order valence-corrected chi connectivity index (χ1v) is 6.50. The van der Waals surface area contributed by atoms with Crippen LogP contribution in [-0.4, -0.2) is 27.8 Å². The number of hydrogen-bond donors (Lipinski definition) is 0. The van der Waals surface area contributed by atoms with E-state index in [-0.39, 0.29) is 6.04 Å². The van der Waals surface area contributed by atoms with E-state index in [1.807, 2.05) is 4.90 Å². The van der Waals surface area contributed by atoms with Crippen molar-refractivity contribution >= 4 is 5.95 Å². The summed E-state index contributed by atoms with van der Waals surface area (Å²) in [5, 5.41) is 17.1. The molecular formula is C13H21N5. The van der Waals surface area contributed by atoms with Gasteiger partial charge in [-0.15, -0.1) is 5.10 Å². The average Bonchev–Trinajstić information content (AvgIpc) is 2.38. The van der Waals surface area contributed by atoms with Gasteiger partial charge in [0, 0.05) is 12.6 Å². The van der Waals surface area contributed by atoms with E-state index in [0.29, 0.717) is 18.9 Å². The van der Waals surface area contributed by atoms with Gasteiger partial charge in [-0.1, -0.05) is 13.8 Å². The number of anilines is 1. The maximum Gasteiger partial charge on any atom is 0.245 e. The summed E-state index contributed by atoms with van der Waals surface area (Å²) in [5.41, 5.74) is 1.97. The molecule has 5 nitrogen and oxygen atoms in total. The molecule has 0 aliphatic carbocycles. The van der Waals surface area contributed by atoms with E-state index in [4.69, 9.17) is 5.26 Å². The van der Waals surface area contributed by atoms with Crippen LogP contribution in [0, 0.1) is 11.3 Å². The zero-order valence-corrected chi connectivity index (χ0v) is 11.6. The first-order chi connectivity index (χ1) is 8.63. The lowest BCUT2D eigenvalue weighted by Gasteiger charge is -2.25. The van der Waals surface area contributed by atoms with Crippen LogP contribution < -0.4 is 4.90 Å². The number of nitriles is 1. The number of nitrogens with zero attached hydrogens (tertiary/aromatic N) is 5. The van der Waals surface area contributed by atoms with Crippen LogP contribution in [-0.2, 0) is 12.8 Å². The molecule has 0 unspecified atom stereocenters. The lowest BCUT2D eigenvalue weighted by atomic mass is 10.2. The molecule has 0 aliphatic heterocycles. The summed E-state index contributed by atoms with van der Waals surface area (Å²) in [7, 11) is 0. The van der Waals surface area contributed by atoms with Crippen LogP contribution in [0.2, 0.25) is 0 Å². The fourth-order valence-electron chi connectivity index (χ4n) is 1.81.